The number of aryl methyl sites for hydroxylation is 2. The molecule has 4 nitrogen and oxygen atoms in total. The van der Waals surface area contributed by atoms with Gasteiger partial charge in [0.05, 0.1) is 11.4 Å². The number of rotatable bonds is 1. The highest BCUT2D eigenvalue weighted by atomic mass is 15.3. The zero-order valence-corrected chi connectivity index (χ0v) is 11.5. The van der Waals surface area contributed by atoms with Gasteiger partial charge in [-0.05, 0) is 50.2 Å². The van der Waals surface area contributed by atoms with Crippen LogP contribution in [0.15, 0.2) is 12.1 Å². The molecule has 0 bridgehead atoms. The van der Waals surface area contributed by atoms with Crippen LogP contribution in [0.4, 0.5) is 5.82 Å². The van der Waals surface area contributed by atoms with Crippen LogP contribution in [-0.2, 0) is 12.8 Å². The molecule has 1 aliphatic heterocycles. The van der Waals surface area contributed by atoms with Gasteiger partial charge in [-0.15, -0.1) is 5.10 Å². The number of aromatic nitrogens is 3. The van der Waals surface area contributed by atoms with Gasteiger partial charge in [-0.2, -0.15) is 0 Å². The van der Waals surface area contributed by atoms with E-state index < -0.39 is 0 Å². The molecule has 0 saturated carbocycles. The molecule has 0 N–H and O–H groups in total. The monoisotopic (exact) mass is 256 g/mol. The molecule has 2 aromatic heterocycles. The third-order valence-corrected chi connectivity index (χ3v) is 4.46. The van der Waals surface area contributed by atoms with Gasteiger partial charge in [0, 0.05) is 13.1 Å². The minimum atomic E-state index is 0.786. The van der Waals surface area contributed by atoms with E-state index in [-0.39, 0.29) is 0 Å². The fourth-order valence-corrected chi connectivity index (χ4v) is 3.36. The van der Waals surface area contributed by atoms with E-state index in [9.17, 15) is 0 Å². The van der Waals surface area contributed by atoms with Crippen LogP contribution in [0.1, 0.15) is 37.6 Å². The van der Waals surface area contributed by atoms with Crippen molar-refractivity contribution < 1.29 is 0 Å². The van der Waals surface area contributed by atoms with Gasteiger partial charge in [0.25, 0.3) is 0 Å². The van der Waals surface area contributed by atoms with Gasteiger partial charge in [-0.3, -0.25) is 0 Å². The zero-order valence-electron chi connectivity index (χ0n) is 11.5. The lowest BCUT2D eigenvalue weighted by Gasteiger charge is -2.17. The molecular formula is C15H20N4. The summed E-state index contributed by atoms with van der Waals surface area (Å²) in [7, 11) is 0. The van der Waals surface area contributed by atoms with Gasteiger partial charge in [0.2, 0.25) is 0 Å². The number of anilines is 1. The van der Waals surface area contributed by atoms with Crippen LogP contribution in [0.3, 0.4) is 0 Å². The van der Waals surface area contributed by atoms with Crippen LogP contribution in [0.5, 0.6) is 0 Å². The summed E-state index contributed by atoms with van der Waals surface area (Å²) in [5.74, 6) is 1.90. The normalized spacial score (nSPS) is 23.0. The molecular weight excluding hydrogens is 236 g/mol. The lowest BCUT2D eigenvalue weighted by Crippen LogP contribution is -2.21. The van der Waals surface area contributed by atoms with Crippen LogP contribution in [0, 0.1) is 5.92 Å². The maximum Gasteiger partial charge on any atom is 0.154 e. The quantitative estimate of drug-likeness (QED) is 0.786. The molecule has 0 amide bonds. The van der Waals surface area contributed by atoms with Crippen molar-refractivity contribution in [2.45, 2.75) is 39.0 Å². The molecule has 1 fully saturated rings. The molecule has 1 atom stereocenters. The van der Waals surface area contributed by atoms with Crippen LogP contribution < -0.4 is 4.90 Å². The van der Waals surface area contributed by atoms with Gasteiger partial charge in [0.15, 0.2) is 5.65 Å². The van der Waals surface area contributed by atoms with Gasteiger partial charge in [-0.25, -0.2) is 9.50 Å². The molecule has 3 heterocycles. The summed E-state index contributed by atoms with van der Waals surface area (Å²) in [6.45, 7) is 4.59. The Morgan fingerprint density at radius 2 is 2.11 bits per heavy atom. The van der Waals surface area contributed by atoms with E-state index in [4.69, 9.17) is 10.1 Å². The highest BCUT2D eigenvalue weighted by molar-refractivity contribution is 5.49. The predicted molar refractivity (Wildman–Crippen MR) is 75.6 cm³/mol. The van der Waals surface area contributed by atoms with Gasteiger partial charge in [-0.1, -0.05) is 6.92 Å². The Kier molecular flexibility index (Phi) is 2.50. The highest BCUT2D eigenvalue weighted by Crippen LogP contribution is 2.25. The fourth-order valence-electron chi connectivity index (χ4n) is 3.36. The Bertz CT molecular complexity index is 616. The number of nitrogens with zero attached hydrogens (tertiary/aromatic N) is 4. The summed E-state index contributed by atoms with van der Waals surface area (Å²) in [5.41, 5.74) is 3.63. The lowest BCUT2D eigenvalue weighted by atomic mass is 10.0. The third-order valence-electron chi connectivity index (χ3n) is 4.46. The molecule has 1 aliphatic carbocycles. The van der Waals surface area contributed by atoms with Crippen molar-refractivity contribution in [1.29, 1.82) is 0 Å². The largest absolute Gasteiger partial charge is 0.355 e. The molecule has 100 valence electrons. The third kappa shape index (κ3) is 1.81. The molecule has 2 aliphatic rings. The summed E-state index contributed by atoms with van der Waals surface area (Å²) in [4.78, 5) is 7.12. The van der Waals surface area contributed by atoms with Crippen LogP contribution in [0.25, 0.3) is 5.65 Å². The van der Waals surface area contributed by atoms with Gasteiger partial charge >= 0.3 is 0 Å². The van der Waals surface area contributed by atoms with Gasteiger partial charge < -0.3 is 4.90 Å². The Hall–Kier alpha value is -1.58. The second-order valence-electron chi connectivity index (χ2n) is 6.01. The van der Waals surface area contributed by atoms with Crippen molar-refractivity contribution >= 4 is 11.5 Å². The summed E-state index contributed by atoms with van der Waals surface area (Å²) in [5, 5.41) is 4.85. The van der Waals surface area contributed by atoms with Crippen molar-refractivity contribution in [3.63, 3.8) is 0 Å². The van der Waals surface area contributed by atoms with Crippen LogP contribution >= 0.6 is 0 Å². The molecule has 4 rings (SSSR count). The number of imidazole rings is 1. The average Bonchev–Trinajstić information content (AvgIpc) is 3.01. The summed E-state index contributed by atoms with van der Waals surface area (Å²) >= 11 is 0. The standard InChI is InChI=1S/C15H20N4/c1-11-8-9-18(10-11)15-7-6-14-16-12-4-2-3-5-13(12)19(14)17-15/h6-7,11H,2-5,8-10H2,1H3. The number of hydrogen-bond acceptors (Lipinski definition) is 3. The van der Waals surface area contributed by atoms with Crippen molar-refractivity contribution in [1.82, 2.24) is 14.6 Å². The van der Waals surface area contributed by atoms with Crippen molar-refractivity contribution in [2.24, 2.45) is 5.92 Å². The Labute approximate surface area is 113 Å². The van der Waals surface area contributed by atoms with Crippen LogP contribution in [0.2, 0.25) is 0 Å². The molecule has 0 aromatic carbocycles. The van der Waals surface area contributed by atoms with E-state index >= 15 is 0 Å². The molecule has 0 radical (unpaired) electrons. The minimum Gasteiger partial charge on any atom is -0.355 e. The van der Waals surface area contributed by atoms with Crippen molar-refractivity contribution in [3.05, 3.63) is 23.5 Å². The first-order valence-corrected chi connectivity index (χ1v) is 7.44. The van der Waals surface area contributed by atoms with Gasteiger partial charge in [0.1, 0.15) is 5.82 Å². The lowest BCUT2D eigenvalue weighted by molar-refractivity contribution is 0.645. The van der Waals surface area contributed by atoms with E-state index in [1.54, 1.807) is 0 Å². The SMILES string of the molecule is CC1CCN(c2ccc3nc4c(n3n2)CCCC4)C1. The molecule has 2 aromatic rings. The maximum absolute atomic E-state index is 4.85. The second-order valence-corrected chi connectivity index (χ2v) is 6.01. The zero-order chi connectivity index (χ0) is 12.8. The van der Waals surface area contributed by atoms with E-state index in [1.807, 2.05) is 0 Å². The van der Waals surface area contributed by atoms with E-state index in [0.29, 0.717) is 0 Å². The van der Waals surface area contributed by atoms with Crippen LogP contribution in [-0.4, -0.2) is 27.7 Å². The summed E-state index contributed by atoms with van der Waals surface area (Å²) in [6, 6.07) is 4.26. The van der Waals surface area contributed by atoms with Crippen molar-refractivity contribution in [3.8, 4) is 0 Å². The Morgan fingerprint density at radius 3 is 2.95 bits per heavy atom. The maximum atomic E-state index is 4.85. The molecule has 1 unspecified atom stereocenters. The summed E-state index contributed by atoms with van der Waals surface area (Å²) < 4.78 is 2.09. The van der Waals surface area contributed by atoms with E-state index in [1.165, 1.54) is 30.7 Å². The van der Waals surface area contributed by atoms with E-state index in [0.717, 1.165) is 43.3 Å². The predicted octanol–water partition coefficient (Wildman–Crippen LogP) is 2.45. The fraction of sp³-hybridized carbons (Fsp3) is 0.600. The first-order chi connectivity index (χ1) is 9.31. The second kappa shape index (κ2) is 4.22. The number of fused-ring (bicyclic) bond motifs is 3. The smallest absolute Gasteiger partial charge is 0.154 e. The topological polar surface area (TPSA) is 33.4 Å². The minimum absolute atomic E-state index is 0.786. The average molecular weight is 256 g/mol. The number of hydrogen-bond donors (Lipinski definition) is 0. The molecule has 0 spiro atoms. The summed E-state index contributed by atoms with van der Waals surface area (Å²) in [6.07, 6.45) is 6.07. The Balaban J connectivity index is 1.78. The first kappa shape index (κ1) is 11.3. The molecule has 4 heteroatoms. The van der Waals surface area contributed by atoms with Crippen molar-refractivity contribution in [2.75, 3.05) is 18.0 Å². The molecule has 1 saturated heterocycles. The van der Waals surface area contributed by atoms with E-state index in [2.05, 4.69) is 28.5 Å². The molecule has 19 heavy (non-hydrogen) atoms. The highest BCUT2D eigenvalue weighted by Gasteiger charge is 2.22. The Morgan fingerprint density at radius 1 is 1.21 bits per heavy atom. The first-order valence-electron chi connectivity index (χ1n) is 7.44.